The fraction of sp³-hybridized carbons (Fsp3) is 0.0588. The molecule has 1 aromatic heterocycles. The number of hydrogen-bond acceptors (Lipinski definition) is 3. The Morgan fingerprint density at radius 2 is 2.00 bits per heavy atom. The second-order valence-electron chi connectivity index (χ2n) is 4.71. The van der Waals surface area contributed by atoms with E-state index in [0.717, 1.165) is 11.6 Å². The van der Waals surface area contributed by atoms with Gasteiger partial charge in [-0.25, -0.2) is 4.39 Å². The van der Waals surface area contributed by atoms with Gasteiger partial charge in [0.25, 0.3) is 0 Å². The van der Waals surface area contributed by atoms with Crippen LogP contribution >= 0.6 is 0 Å². The summed E-state index contributed by atoms with van der Waals surface area (Å²) in [4.78, 5) is 0. The predicted molar refractivity (Wildman–Crippen MR) is 79.0 cm³/mol. The molecular weight excluding hydrogens is 281 g/mol. The van der Waals surface area contributed by atoms with Gasteiger partial charge in [0.15, 0.2) is 5.75 Å². The van der Waals surface area contributed by atoms with E-state index in [1.165, 1.54) is 12.1 Å². The van der Waals surface area contributed by atoms with Crippen LogP contribution < -0.4 is 4.74 Å². The first kappa shape index (κ1) is 13.8. The third-order valence-corrected chi connectivity index (χ3v) is 3.09. The largest absolute Gasteiger partial charge is 0.453 e. The summed E-state index contributed by atoms with van der Waals surface area (Å²) < 4.78 is 20.4. The van der Waals surface area contributed by atoms with Gasteiger partial charge in [-0.05, 0) is 23.8 Å². The summed E-state index contributed by atoms with van der Waals surface area (Å²) in [7, 11) is 0. The lowest BCUT2D eigenvalue weighted by Crippen LogP contribution is -1.99. The van der Waals surface area contributed by atoms with Crippen molar-refractivity contribution in [2.24, 2.45) is 0 Å². The zero-order valence-electron chi connectivity index (χ0n) is 11.6. The molecule has 3 rings (SSSR count). The Kier molecular flexibility index (Phi) is 3.84. The molecule has 0 N–H and O–H groups in total. The molecule has 0 amide bonds. The third-order valence-electron chi connectivity index (χ3n) is 3.09. The molecule has 0 unspecified atom stereocenters. The number of halogens is 1. The van der Waals surface area contributed by atoms with E-state index in [9.17, 15) is 4.39 Å². The predicted octanol–water partition coefficient (Wildman–Crippen LogP) is 3.73. The number of aromatic nitrogens is 2. The minimum absolute atomic E-state index is 0.149. The summed E-state index contributed by atoms with van der Waals surface area (Å²) in [5.41, 5.74) is 1.27. The Hall–Kier alpha value is -3.13. The van der Waals surface area contributed by atoms with E-state index in [1.807, 2.05) is 36.4 Å². The van der Waals surface area contributed by atoms with Gasteiger partial charge in [0.2, 0.25) is 0 Å². The topological polar surface area (TPSA) is 50.8 Å². The van der Waals surface area contributed by atoms with Crippen LogP contribution in [-0.2, 0) is 6.54 Å². The minimum atomic E-state index is -0.469. The molecular formula is C17H12FN3O. The van der Waals surface area contributed by atoms with Crippen LogP contribution in [0.2, 0.25) is 0 Å². The van der Waals surface area contributed by atoms with Crippen molar-refractivity contribution >= 4 is 0 Å². The monoisotopic (exact) mass is 293 g/mol. The summed E-state index contributed by atoms with van der Waals surface area (Å²) in [6, 6.07) is 15.7. The highest BCUT2D eigenvalue weighted by Gasteiger charge is 2.08. The maximum absolute atomic E-state index is 13.1. The lowest BCUT2D eigenvalue weighted by atomic mass is 10.2. The molecule has 0 aliphatic heterocycles. The van der Waals surface area contributed by atoms with E-state index in [1.54, 1.807) is 17.1 Å². The van der Waals surface area contributed by atoms with Crippen molar-refractivity contribution in [2.75, 3.05) is 0 Å². The lowest BCUT2D eigenvalue weighted by molar-refractivity contribution is 0.478. The maximum Gasteiger partial charge on any atom is 0.165 e. The van der Waals surface area contributed by atoms with Crippen LogP contribution in [-0.4, -0.2) is 9.78 Å². The van der Waals surface area contributed by atoms with Gasteiger partial charge in [-0.2, -0.15) is 10.4 Å². The highest BCUT2D eigenvalue weighted by molar-refractivity contribution is 5.45. The molecule has 0 aliphatic carbocycles. The zero-order valence-corrected chi connectivity index (χ0v) is 11.6. The molecule has 4 nitrogen and oxygen atoms in total. The van der Waals surface area contributed by atoms with Gasteiger partial charge in [-0.3, -0.25) is 4.68 Å². The van der Waals surface area contributed by atoms with E-state index in [4.69, 9.17) is 10.00 Å². The van der Waals surface area contributed by atoms with Crippen molar-refractivity contribution in [1.29, 1.82) is 5.26 Å². The summed E-state index contributed by atoms with van der Waals surface area (Å²) in [5.74, 6) is 0.339. The molecule has 1 heterocycles. The number of benzene rings is 2. The average molecular weight is 293 g/mol. The number of ether oxygens (including phenoxy) is 1. The normalized spacial score (nSPS) is 10.2. The molecule has 2 aromatic carbocycles. The Morgan fingerprint density at radius 1 is 1.18 bits per heavy atom. The summed E-state index contributed by atoms with van der Waals surface area (Å²) in [6.07, 6.45) is 3.30. The fourth-order valence-corrected chi connectivity index (χ4v) is 2.06. The maximum atomic E-state index is 13.1. The van der Waals surface area contributed by atoms with Gasteiger partial charge in [0.05, 0.1) is 24.5 Å². The second kappa shape index (κ2) is 6.10. The van der Waals surface area contributed by atoms with E-state index in [2.05, 4.69) is 5.10 Å². The van der Waals surface area contributed by atoms with Crippen LogP contribution in [0.4, 0.5) is 4.39 Å². The van der Waals surface area contributed by atoms with Gasteiger partial charge in [-0.1, -0.05) is 30.3 Å². The van der Waals surface area contributed by atoms with Crippen molar-refractivity contribution in [3.8, 4) is 17.6 Å². The molecule has 108 valence electrons. The van der Waals surface area contributed by atoms with Gasteiger partial charge in [0, 0.05) is 0 Å². The first-order chi connectivity index (χ1) is 10.7. The van der Waals surface area contributed by atoms with Crippen molar-refractivity contribution in [1.82, 2.24) is 9.78 Å². The number of nitrogens with zero attached hydrogens (tertiary/aromatic N) is 3. The van der Waals surface area contributed by atoms with Crippen molar-refractivity contribution in [3.63, 3.8) is 0 Å². The standard InChI is InChI=1S/C17H12FN3O/c18-15-6-7-17(14(8-15)9-19)22-16-10-20-21(12-16)11-13-4-2-1-3-5-13/h1-8,10,12H,11H2. The zero-order chi connectivity index (χ0) is 15.4. The number of hydrogen-bond donors (Lipinski definition) is 0. The molecule has 0 bridgehead atoms. The molecule has 0 aliphatic rings. The van der Waals surface area contributed by atoms with Crippen LogP contribution in [0.1, 0.15) is 11.1 Å². The van der Waals surface area contributed by atoms with Crippen molar-refractivity contribution in [2.45, 2.75) is 6.54 Å². The summed E-state index contributed by atoms with van der Waals surface area (Å²) >= 11 is 0. The molecule has 3 aromatic rings. The molecule has 0 saturated heterocycles. The van der Waals surface area contributed by atoms with Crippen LogP contribution in [0.25, 0.3) is 0 Å². The SMILES string of the molecule is N#Cc1cc(F)ccc1Oc1cnn(Cc2ccccc2)c1. The Morgan fingerprint density at radius 3 is 2.77 bits per heavy atom. The highest BCUT2D eigenvalue weighted by atomic mass is 19.1. The molecule has 0 spiro atoms. The van der Waals surface area contributed by atoms with Crippen molar-refractivity contribution in [3.05, 3.63) is 77.9 Å². The smallest absolute Gasteiger partial charge is 0.165 e. The average Bonchev–Trinajstić information content (AvgIpc) is 2.97. The van der Waals surface area contributed by atoms with E-state index in [0.29, 0.717) is 18.0 Å². The van der Waals surface area contributed by atoms with Gasteiger partial charge >= 0.3 is 0 Å². The van der Waals surface area contributed by atoms with E-state index in [-0.39, 0.29) is 5.56 Å². The first-order valence-corrected chi connectivity index (χ1v) is 6.68. The first-order valence-electron chi connectivity index (χ1n) is 6.68. The van der Waals surface area contributed by atoms with E-state index >= 15 is 0 Å². The molecule has 0 saturated carbocycles. The molecule has 0 radical (unpaired) electrons. The molecule has 22 heavy (non-hydrogen) atoms. The number of rotatable bonds is 4. The third kappa shape index (κ3) is 3.13. The summed E-state index contributed by atoms with van der Waals surface area (Å²) in [6.45, 7) is 0.624. The van der Waals surface area contributed by atoms with E-state index < -0.39 is 5.82 Å². The van der Waals surface area contributed by atoms with Gasteiger partial charge in [0.1, 0.15) is 17.6 Å². The Labute approximate surface area is 127 Å². The van der Waals surface area contributed by atoms with Gasteiger partial charge < -0.3 is 4.74 Å². The highest BCUT2D eigenvalue weighted by Crippen LogP contribution is 2.25. The molecule has 0 atom stereocenters. The van der Waals surface area contributed by atoms with Gasteiger partial charge in [-0.15, -0.1) is 0 Å². The Balaban J connectivity index is 1.76. The molecule has 0 fully saturated rings. The van der Waals surface area contributed by atoms with Crippen LogP contribution in [0, 0.1) is 17.1 Å². The van der Waals surface area contributed by atoms with Crippen molar-refractivity contribution < 1.29 is 9.13 Å². The van der Waals surface area contributed by atoms with Crippen LogP contribution in [0.15, 0.2) is 60.9 Å². The lowest BCUT2D eigenvalue weighted by Gasteiger charge is -2.04. The quantitative estimate of drug-likeness (QED) is 0.736. The van der Waals surface area contributed by atoms with Crippen LogP contribution in [0.3, 0.4) is 0 Å². The number of nitriles is 1. The fourth-order valence-electron chi connectivity index (χ4n) is 2.06. The second-order valence-corrected chi connectivity index (χ2v) is 4.71. The van der Waals surface area contributed by atoms with Crippen LogP contribution in [0.5, 0.6) is 11.5 Å². The Bertz CT molecular complexity index is 821. The minimum Gasteiger partial charge on any atom is -0.453 e. The molecule has 5 heteroatoms. The summed E-state index contributed by atoms with van der Waals surface area (Å²) in [5, 5.41) is 13.2.